The Labute approximate surface area is 166 Å². The number of anilines is 1. The highest BCUT2D eigenvalue weighted by atomic mass is 16.6. The van der Waals surface area contributed by atoms with Gasteiger partial charge in [0.05, 0.1) is 17.2 Å². The fourth-order valence-corrected chi connectivity index (χ4v) is 3.05. The molecule has 0 unspecified atom stereocenters. The second-order valence-corrected chi connectivity index (χ2v) is 6.48. The van der Waals surface area contributed by atoms with Crippen molar-refractivity contribution in [2.45, 2.75) is 19.5 Å². The summed E-state index contributed by atoms with van der Waals surface area (Å²) in [5.41, 5.74) is 0.602. The van der Waals surface area contributed by atoms with Gasteiger partial charge in [-0.3, -0.25) is 10.1 Å². The van der Waals surface area contributed by atoms with E-state index in [1.165, 1.54) is 25.1 Å². The zero-order valence-electron chi connectivity index (χ0n) is 15.6. The molecule has 29 heavy (non-hydrogen) atoms. The number of carbonyl (C=O) groups excluding carboxylic acids is 1. The van der Waals surface area contributed by atoms with Crippen LogP contribution in [0.3, 0.4) is 0 Å². The quantitative estimate of drug-likeness (QED) is 0.480. The SMILES string of the molecule is C[C@@H](C(=O)O)N(Cc1ccccc1[N+](=O)[O-])C(=O)Nc1cccc2ccccc12. The van der Waals surface area contributed by atoms with Gasteiger partial charge in [-0.25, -0.2) is 9.59 Å². The summed E-state index contributed by atoms with van der Waals surface area (Å²) in [6.07, 6.45) is 0. The van der Waals surface area contributed by atoms with E-state index in [0.717, 1.165) is 15.7 Å². The highest BCUT2D eigenvalue weighted by molar-refractivity contribution is 6.02. The summed E-state index contributed by atoms with van der Waals surface area (Å²) in [7, 11) is 0. The number of rotatable bonds is 6. The molecule has 0 aliphatic rings. The molecule has 3 aromatic carbocycles. The molecule has 0 aromatic heterocycles. The number of nitrogens with zero attached hydrogens (tertiary/aromatic N) is 2. The lowest BCUT2D eigenvalue weighted by Crippen LogP contribution is -2.45. The molecule has 148 valence electrons. The molecule has 3 aromatic rings. The minimum atomic E-state index is -1.21. The van der Waals surface area contributed by atoms with Crippen LogP contribution < -0.4 is 5.32 Å². The average Bonchev–Trinajstić information content (AvgIpc) is 2.71. The number of para-hydroxylation sites is 1. The summed E-state index contributed by atoms with van der Waals surface area (Å²) < 4.78 is 0. The predicted molar refractivity (Wildman–Crippen MR) is 109 cm³/mol. The largest absolute Gasteiger partial charge is 0.480 e. The smallest absolute Gasteiger partial charge is 0.326 e. The molecule has 0 aliphatic carbocycles. The Balaban J connectivity index is 1.94. The van der Waals surface area contributed by atoms with Crippen molar-refractivity contribution in [3.05, 3.63) is 82.4 Å². The van der Waals surface area contributed by atoms with E-state index in [2.05, 4.69) is 5.32 Å². The van der Waals surface area contributed by atoms with Gasteiger partial charge < -0.3 is 15.3 Å². The Kier molecular flexibility index (Phi) is 5.73. The molecule has 0 radical (unpaired) electrons. The van der Waals surface area contributed by atoms with E-state index in [4.69, 9.17) is 0 Å². The third-order valence-corrected chi connectivity index (χ3v) is 4.65. The number of nitro benzene ring substituents is 1. The Morgan fingerprint density at radius 3 is 2.45 bits per heavy atom. The Morgan fingerprint density at radius 2 is 1.72 bits per heavy atom. The molecule has 0 saturated heterocycles. The van der Waals surface area contributed by atoms with Crippen molar-refractivity contribution in [3.8, 4) is 0 Å². The van der Waals surface area contributed by atoms with Crippen molar-refractivity contribution < 1.29 is 19.6 Å². The fourth-order valence-electron chi connectivity index (χ4n) is 3.05. The number of carboxylic acid groups (broad SMARTS) is 1. The van der Waals surface area contributed by atoms with Gasteiger partial charge in [-0.05, 0) is 18.4 Å². The van der Waals surface area contributed by atoms with E-state index in [1.807, 2.05) is 30.3 Å². The molecule has 0 spiro atoms. The monoisotopic (exact) mass is 393 g/mol. The molecule has 0 saturated carbocycles. The number of urea groups is 1. The van der Waals surface area contributed by atoms with Crippen LogP contribution >= 0.6 is 0 Å². The van der Waals surface area contributed by atoms with Gasteiger partial charge in [0.15, 0.2) is 0 Å². The minimum absolute atomic E-state index is 0.173. The van der Waals surface area contributed by atoms with E-state index in [1.54, 1.807) is 18.2 Å². The van der Waals surface area contributed by atoms with Gasteiger partial charge in [0.1, 0.15) is 6.04 Å². The summed E-state index contributed by atoms with van der Waals surface area (Å²) >= 11 is 0. The number of carboxylic acids is 1. The van der Waals surface area contributed by atoms with Gasteiger partial charge in [0.25, 0.3) is 5.69 Å². The van der Waals surface area contributed by atoms with Crippen LogP contribution in [0.4, 0.5) is 16.2 Å². The van der Waals surface area contributed by atoms with Crippen molar-refractivity contribution in [2.24, 2.45) is 0 Å². The molecule has 8 nitrogen and oxygen atoms in total. The second-order valence-electron chi connectivity index (χ2n) is 6.48. The highest BCUT2D eigenvalue weighted by Gasteiger charge is 2.28. The van der Waals surface area contributed by atoms with Crippen molar-refractivity contribution in [1.29, 1.82) is 0 Å². The van der Waals surface area contributed by atoms with E-state index in [9.17, 15) is 24.8 Å². The number of aliphatic carboxylic acids is 1. The standard InChI is InChI=1S/C21H19N3O5/c1-14(20(25)26)23(13-16-8-3-5-12-19(16)24(28)29)21(27)22-18-11-6-9-15-7-2-4-10-17(15)18/h2-12,14H,13H2,1H3,(H,22,27)(H,25,26)/t14-/m0/s1. The number of nitro groups is 1. The van der Waals surface area contributed by atoms with Gasteiger partial charge >= 0.3 is 12.0 Å². The van der Waals surface area contributed by atoms with Crippen molar-refractivity contribution in [2.75, 3.05) is 5.32 Å². The lowest BCUT2D eigenvalue weighted by atomic mass is 10.1. The van der Waals surface area contributed by atoms with Crippen LogP contribution in [0.1, 0.15) is 12.5 Å². The third-order valence-electron chi connectivity index (χ3n) is 4.65. The fraction of sp³-hybridized carbons (Fsp3) is 0.143. The van der Waals surface area contributed by atoms with E-state index in [-0.39, 0.29) is 17.8 Å². The van der Waals surface area contributed by atoms with Crippen LogP contribution in [-0.2, 0) is 11.3 Å². The van der Waals surface area contributed by atoms with Crippen LogP contribution in [0.15, 0.2) is 66.7 Å². The first kappa shape index (κ1) is 19.8. The number of carbonyl (C=O) groups is 2. The molecular formula is C21H19N3O5. The van der Waals surface area contributed by atoms with Crippen molar-refractivity contribution in [1.82, 2.24) is 4.90 Å². The van der Waals surface area contributed by atoms with Gasteiger partial charge in [0.2, 0.25) is 0 Å². The zero-order valence-corrected chi connectivity index (χ0v) is 15.6. The maximum atomic E-state index is 13.0. The number of amides is 2. The zero-order chi connectivity index (χ0) is 21.0. The van der Waals surface area contributed by atoms with Gasteiger partial charge in [-0.1, -0.05) is 54.6 Å². The molecule has 1 atom stereocenters. The molecular weight excluding hydrogens is 374 g/mol. The number of benzene rings is 3. The minimum Gasteiger partial charge on any atom is -0.480 e. The molecule has 0 heterocycles. The maximum absolute atomic E-state index is 13.0. The summed E-state index contributed by atoms with van der Waals surface area (Å²) in [5, 5.41) is 25.2. The van der Waals surface area contributed by atoms with Crippen molar-refractivity contribution >= 4 is 34.1 Å². The second kappa shape index (κ2) is 8.39. The summed E-state index contributed by atoms with van der Waals surface area (Å²) in [4.78, 5) is 36.3. The molecule has 2 N–H and O–H groups in total. The molecule has 2 amide bonds. The lowest BCUT2D eigenvalue weighted by Gasteiger charge is -2.27. The normalized spacial score (nSPS) is 11.6. The van der Waals surface area contributed by atoms with Crippen LogP contribution in [0.2, 0.25) is 0 Å². The lowest BCUT2D eigenvalue weighted by molar-refractivity contribution is -0.385. The Hall–Kier alpha value is -3.94. The predicted octanol–water partition coefficient (Wildman–Crippen LogP) is 4.26. The summed E-state index contributed by atoms with van der Waals surface area (Å²) in [5.74, 6) is -1.21. The van der Waals surface area contributed by atoms with Crippen LogP contribution in [-0.4, -0.2) is 33.0 Å². The van der Waals surface area contributed by atoms with E-state index in [0.29, 0.717) is 5.69 Å². The van der Waals surface area contributed by atoms with Crippen LogP contribution in [0, 0.1) is 10.1 Å². The number of fused-ring (bicyclic) bond motifs is 1. The first-order chi connectivity index (χ1) is 13.9. The van der Waals surface area contributed by atoms with Crippen LogP contribution in [0.5, 0.6) is 0 Å². The third kappa shape index (κ3) is 4.32. The topological polar surface area (TPSA) is 113 Å². The maximum Gasteiger partial charge on any atom is 0.326 e. The molecule has 8 heteroatoms. The van der Waals surface area contributed by atoms with E-state index < -0.39 is 23.0 Å². The first-order valence-electron chi connectivity index (χ1n) is 8.89. The van der Waals surface area contributed by atoms with Crippen LogP contribution in [0.25, 0.3) is 10.8 Å². The molecule has 0 bridgehead atoms. The van der Waals surface area contributed by atoms with Gasteiger partial charge in [-0.15, -0.1) is 0 Å². The number of nitrogens with one attached hydrogen (secondary N) is 1. The number of hydrogen-bond donors (Lipinski definition) is 2. The van der Waals surface area contributed by atoms with E-state index >= 15 is 0 Å². The van der Waals surface area contributed by atoms with Gasteiger partial charge in [-0.2, -0.15) is 0 Å². The molecule has 3 rings (SSSR count). The Bertz CT molecular complexity index is 1080. The Morgan fingerprint density at radius 1 is 1.07 bits per heavy atom. The number of hydrogen-bond acceptors (Lipinski definition) is 4. The summed E-state index contributed by atoms with van der Waals surface area (Å²) in [6.45, 7) is 1.14. The summed E-state index contributed by atoms with van der Waals surface area (Å²) in [6, 6.07) is 17.0. The highest BCUT2D eigenvalue weighted by Crippen LogP contribution is 2.25. The van der Waals surface area contributed by atoms with Crippen molar-refractivity contribution in [3.63, 3.8) is 0 Å². The average molecular weight is 393 g/mol. The van der Waals surface area contributed by atoms with Gasteiger partial charge in [0, 0.05) is 17.0 Å². The molecule has 0 aliphatic heterocycles. The molecule has 0 fully saturated rings. The first-order valence-corrected chi connectivity index (χ1v) is 8.89.